The average molecular weight is 474 g/mol. The van der Waals surface area contributed by atoms with Gasteiger partial charge in [0.1, 0.15) is 11.4 Å². The number of rotatable bonds is 10. The van der Waals surface area contributed by atoms with Crippen molar-refractivity contribution in [2.45, 2.75) is 71.1 Å². The Hall–Kier alpha value is -3.54. The maximum absolute atomic E-state index is 11.4. The van der Waals surface area contributed by atoms with Gasteiger partial charge in [-0.2, -0.15) is 0 Å². The molecule has 6 nitrogen and oxygen atoms in total. The minimum Gasteiger partial charge on any atom is -0.505 e. The third kappa shape index (κ3) is 5.94. The molecule has 0 spiro atoms. The fourth-order valence-corrected chi connectivity index (χ4v) is 4.36. The van der Waals surface area contributed by atoms with Gasteiger partial charge in [-0.25, -0.2) is 0 Å². The minimum atomic E-state index is -0.481. The first kappa shape index (κ1) is 26.1. The van der Waals surface area contributed by atoms with Crippen LogP contribution >= 0.6 is 0 Å². The summed E-state index contributed by atoms with van der Waals surface area (Å²) in [4.78, 5) is 10.9. The van der Waals surface area contributed by atoms with Gasteiger partial charge in [-0.1, -0.05) is 102 Å². The number of hydrogen-bond acceptors (Lipinski definition) is 5. The van der Waals surface area contributed by atoms with Crippen molar-refractivity contribution < 1.29 is 10.0 Å². The van der Waals surface area contributed by atoms with Gasteiger partial charge < -0.3 is 5.11 Å². The number of unbranched alkanes of at least 4 members (excludes halogenated alkanes) is 2. The molecule has 3 rings (SSSR count). The summed E-state index contributed by atoms with van der Waals surface area (Å²) in [5.41, 5.74) is 2.63. The summed E-state index contributed by atoms with van der Waals surface area (Å²) in [5, 5.41) is 31.2. The summed E-state index contributed by atoms with van der Waals surface area (Å²) < 4.78 is 0. The highest BCUT2D eigenvalue weighted by Gasteiger charge is 2.30. The number of hydrogen-bond donors (Lipinski definition) is 1. The number of phenols is 1. The lowest BCUT2D eigenvalue weighted by Crippen LogP contribution is -2.22. The SMILES string of the molecule is CCCCCC(C)(C)c1cc(C(C)(C)c2ccccc2)cc(N=Nc2ccccc2[N+](=O)[O-])c1O. The molecule has 0 bridgehead atoms. The molecule has 6 heteroatoms. The van der Waals surface area contributed by atoms with Crippen LogP contribution < -0.4 is 0 Å². The number of nitro benzene ring substituents is 1. The molecule has 0 amide bonds. The summed E-state index contributed by atoms with van der Waals surface area (Å²) in [5.74, 6) is 0.0708. The highest BCUT2D eigenvalue weighted by atomic mass is 16.6. The largest absolute Gasteiger partial charge is 0.505 e. The maximum atomic E-state index is 11.4. The molecule has 0 aliphatic rings. The molecule has 0 fully saturated rings. The summed E-state index contributed by atoms with van der Waals surface area (Å²) >= 11 is 0. The van der Waals surface area contributed by atoms with Crippen molar-refractivity contribution in [1.82, 2.24) is 0 Å². The summed E-state index contributed by atoms with van der Waals surface area (Å²) in [7, 11) is 0. The lowest BCUT2D eigenvalue weighted by Gasteiger charge is -2.31. The standard InChI is InChI=1S/C29H35N3O3/c1-6-7-13-18-28(2,3)23-19-22(29(4,5)21-14-9-8-10-15-21)20-25(27(23)33)31-30-24-16-11-12-17-26(24)32(34)35/h8-12,14-17,19-20,33H,6-7,13,18H2,1-5H3. The van der Waals surface area contributed by atoms with Gasteiger partial charge in [0.2, 0.25) is 0 Å². The van der Waals surface area contributed by atoms with E-state index in [1.54, 1.807) is 18.2 Å². The van der Waals surface area contributed by atoms with E-state index in [1.165, 1.54) is 6.07 Å². The van der Waals surface area contributed by atoms with Gasteiger partial charge in [0.25, 0.3) is 5.69 Å². The molecule has 3 aromatic rings. The number of aromatic hydroxyl groups is 1. The third-order valence-corrected chi connectivity index (χ3v) is 6.79. The fraction of sp³-hybridized carbons (Fsp3) is 0.379. The Balaban J connectivity index is 2.16. The van der Waals surface area contributed by atoms with Crippen LogP contribution in [0, 0.1) is 10.1 Å². The molecule has 0 aromatic heterocycles. The fourth-order valence-electron chi connectivity index (χ4n) is 4.36. The van der Waals surface area contributed by atoms with E-state index in [9.17, 15) is 15.2 Å². The molecule has 3 aromatic carbocycles. The molecule has 0 saturated heterocycles. The van der Waals surface area contributed by atoms with Crippen LogP contribution in [0.15, 0.2) is 77.0 Å². The molecule has 0 aliphatic carbocycles. The second-order valence-corrected chi connectivity index (χ2v) is 10.2. The highest BCUT2D eigenvalue weighted by Crippen LogP contribution is 2.45. The second-order valence-electron chi connectivity index (χ2n) is 10.2. The van der Waals surface area contributed by atoms with E-state index in [2.05, 4.69) is 63.0 Å². The quantitative estimate of drug-likeness (QED) is 0.138. The summed E-state index contributed by atoms with van der Waals surface area (Å²) in [6.45, 7) is 10.7. The van der Waals surface area contributed by atoms with Gasteiger partial charge in [0, 0.05) is 17.0 Å². The smallest absolute Gasteiger partial charge is 0.296 e. The first-order chi connectivity index (χ1) is 16.6. The Kier molecular flexibility index (Phi) is 8.05. The Morgan fingerprint density at radius 2 is 1.49 bits per heavy atom. The van der Waals surface area contributed by atoms with Crippen LogP contribution in [0.2, 0.25) is 0 Å². The zero-order valence-electron chi connectivity index (χ0n) is 21.3. The molecule has 0 heterocycles. The summed E-state index contributed by atoms with van der Waals surface area (Å²) in [6, 6.07) is 20.3. The number of azo groups is 1. The Bertz CT molecular complexity index is 1200. The van der Waals surface area contributed by atoms with Crippen molar-refractivity contribution in [3.05, 3.63) is 93.5 Å². The predicted octanol–water partition coefficient (Wildman–Crippen LogP) is 8.90. The molecule has 1 N–H and O–H groups in total. The van der Waals surface area contributed by atoms with Crippen LogP contribution in [0.25, 0.3) is 0 Å². The molecular weight excluding hydrogens is 438 g/mol. The number of para-hydroxylation sites is 1. The Morgan fingerprint density at radius 1 is 0.857 bits per heavy atom. The topological polar surface area (TPSA) is 88.1 Å². The van der Waals surface area contributed by atoms with Gasteiger partial charge in [-0.05, 0) is 35.1 Å². The number of phenolic OH excluding ortho intramolecular Hbond substituents is 1. The molecule has 0 atom stereocenters. The Morgan fingerprint density at radius 3 is 2.14 bits per heavy atom. The predicted molar refractivity (Wildman–Crippen MR) is 141 cm³/mol. The van der Waals surface area contributed by atoms with E-state index in [4.69, 9.17) is 0 Å². The van der Waals surface area contributed by atoms with Crippen molar-refractivity contribution in [2.75, 3.05) is 0 Å². The lowest BCUT2D eigenvalue weighted by molar-refractivity contribution is -0.384. The van der Waals surface area contributed by atoms with Crippen molar-refractivity contribution in [3.63, 3.8) is 0 Å². The van der Waals surface area contributed by atoms with E-state index < -0.39 is 4.92 Å². The summed E-state index contributed by atoms with van der Waals surface area (Å²) in [6.07, 6.45) is 4.23. The van der Waals surface area contributed by atoms with Crippen LogP contribution in [-0.2, 0) is 10.8 Å². The van der Waals surface area contributed by atoms with Crippen LogP contribution in [0.4, 0.5) is 17.1 Å². The number of nitrogens with zero attached hydrogens (tertiary/aromatic N) is 3. The molecule has 0 radical (unpaired) electrons. The van der Waals surface area contributed by atoms with E-state index in [-0.39, 0.29) is 28.0 Å². The number of nitro groups is 1. The van der Waals surface area contributed by atoms with Crippen LogP contribution in [-0.4, -0.2) is 10.0 Å². The van der Waals surface area contributed by atoms with E-state index in [1.807, 2.05) is 24.3 Å². The normalized spacial score (nSPS) is 12.3. The van der Waals surface area contributed by atoms with E-state index in [0.717, 1.165) is 42.4 Å². The van der Waals surface area contributed by atoms with Crippen molar-refractivity contribution in [3.8, 4) is 5.75 Å². The van der Waals surface area contributed by atoms with Crippen molar-refractivity contribution in [1.29, 1.82) is 0 Å². The second kappa shape index (κ2) is 10.8. The van der Waals surface area contributed by atoms with Crippen LogP contribution in [0.3, 0.4) is 0 Å². The molecule has 35 heavy (non-hydrogen) atoms. The van der Waals surface area contributed by atoms with Crippen molar-refractivity contribution in [2.24, 2.45) is 10.2 Å². The zero-order valence-corrected chi connectivity index (χ0v) is 21.3. The first-order valence-electron chi connectivity index (χ1n) is 12.2. The van der Waals surface area contributed by atoms with Crippen molar-refractivity contribution >= 4 is 17.1 Å². The van der Waals surface area contributed by atoms with Gasteiger partial charge in [-0.3, -0.25) is 10.1 Å². The average Bonchev–Trinajstić information content (AvgIpc) is 2.84. The van der Waals surface area contributed by atoms with Gasteiger partial charge >= 0.3 is 0 Å². The molecule has 0 saturated carbocycles. The third-order valence-electron chi connectivity index (χ3n) is 6.79. The molecular formula is C29H35N3O3. The molecule has 0 unspecified atom stereocenters. The highest BCUT2D eigenvalue weighted by molar-refractivity contribution is 5.62. The zero-order chi connectivity index (χ0) is 25.6. The van der Waals surface area contributed by atoms with E-state index >= 15 is 0 Å². The van der Waals surface area contributed by atoms with Crippen LogP contribution in [0.1, 0.15) is 77.0 Å². The van der Waals surface area contributed by atoms with Crippen LogP contribution in [0.5, 0.6) is 5.75 Å². The van der Waals surface area contributed by atoms with Gasteiger partial charge in [-0.15, -0.1) is 10.2 Å². The monoisotopic (exact) mass is 473 g/mol. The van der Waals surface area contributed by atoms with E-state index in [0.29, 0.717) is 5.69 Å². The van der Waals surface area contributed by atoms with Gasteiger partial charge in [0.15, 0.2) is 5.69 Å². The minimum absolute atomic E-state index is 0.0708. The number of benzene rings is 3. The Labute approximate surface area is 207 Å². The first-order valence-corrected chi connectivity index (χ1v) is 12.2. The molecule has 184 valence electrons. The maximum Gasteiger partial charge on any atom is 0.296 e. The molecule has 0 aliphatic heterocycles. The van der Waals surface area contributed by atoms with Gasteiger partial charge in [0.05, 0.1) is 4.92 Å². The lowest BCUT2D eigenvalue weighted by atomic mass is 9.73.